The standard InChI is InChI=1S/C25H22Cl3F2N5O2S/c1-15-2-4-17(5-3-15)38(36,37)33-32-24(21-18(27)6-7-19(29)22(21)28)35-11-10-34(14-25(35)8-9-25)23-20(30)12-16(26)13-31-23/h2-7,12-13,33H,8-11,14H2,1H3/b32-24-. The Morgan fingerprint density at radius 1 is 1.05 bits per heavy atom. The molecule has 1 spiro atoms. The molecule has 0 unspecified atom stereocenters. The van der Waals surface area contributed by atoms with Crippen LogP contribution in [0.2, 0.25) is 15.1 Å². The summed E-state index contributed by atoms with van der Waals surface area (Å²) in [6.45, 7) is 2.82. The molecule has 1 N–H and O–H groups in total. The van der Waals surface area contributed by atoms with Gasteiger partial charge in [0.05, 0.1) is 31.1 Å². The van der Waals surface area contributed by atoms with E-state index in [0.717, 1.165) is 11.6 Å². The van der Waals surface area contributed by atoms with E-state index in [2.05, 4.69) is 14.9 Å². The van der Waals surface area contributed by atoms with Crippen LogP contribution in [0.3, 0.4) is 0 Å². The van der Waals surface area contributed by atoms with E-state index in [1.165, 1.54) is 30.5 Å². The molecule has 1 saturated heterocycles. The average molecular weight is 601 g/mol. The molecule has 1 aliphatic heterocycles. The van der Waals surface area contributed by atoms with Crippen LogP contribution < -0.4 is 9.73 Å². The molecule has 38 heavy (non-hydrogen) atoms. The smallest absolute Gasteiger partial charge is 0.276 e. The third kappa shape index (κ3) is 5.14. The fourth-order valence-corrected chi connectivity index (χ4v) is 6.05. The minimum Gasteiger partial charge on any atom is -0.350 e. The Bertz CT molecular complexity index is 1530. The lowest BCUT2D eigenvalue weighted by Crippen LogP contribution is -2.58. The first-order valence-electron chi connectivity index (χ1n) is 11.6. The molecule has 3 aromatic rings. The van der Waals surface area contributed by atoms with Crippen molar-refractivity contribution in [3.8, 4) is 0 Å². The van der Waals surface area contributed by atoms with E-state index >= 15 is 0 Å². The van der Waals surface area contributed by atoms with Gasteiger partial charge in [0.25, 0.3) is 10.0 Å². The molecule has 1 aliphatic carbocycles. The lowest BCUT2D eigenvalue weighted by Gasteiger charge is -2.44. The zero-order valence-electron chi connectivity index (χ0n) is 20.1. The molecule has 0 atom stereocenters. The van der Waals surface area contributed by atoms with Crippen LogP contribution in [0.15, 0.2) is 58.7 Å². The van der Waals surface area contributed by atoms with Gasteiger partial charge in [-0.2, -0.15) is 13.2 Å². The molecule has 7 nitrogen and oxygen atoms in total. The van der Waals surface area contributed by atoms with Crippen molar-refractivity contribution in [3.63, 3.8) is 0 Å². The van der Waals surface area contributed by atoms with E-state index in [9.17, 15) is 17.2 Å². The highest BCUT2D eigenvalue weighted by molar-refractivity contribution is 7.89. The van der Waals surface area contributed by atoms with Gasteiger partial charge < -0.3 is 9.80 Å². The quantitative estimate of drug-likeness (QED) is 0.178. The van der Waals surface area contributed by atoms with E-state index in [0.29, 0.717) is 25.9 Å². The summed E-state index contributed by atoms with van der Waals surface area (Å²) in [5.41, 5.74) is 0.418. The second-order valence-corrected chi connectivity index (χ2v) is 12.2. The highest BCUT2D eigenvalue weighted by Gasteiger charge is 2.53. The van der Waals surface area contributed by atoms with Gasteiger partial charge in [-0.05, 0) is 50.1 Å². The van der Waals surface area contributed by atoms with Crippen LogP contribution in [0.25, 0.3) is 0 Å². The van der Waals surface area contributed by atoms with Crippen LogP contribution in [0, 0.1) is 18.6 Å². The third-order valence-corrected chi connectivity index (χ3v) is 8.81. The van der Waals surface area contributed by atoms with Crippen molar-refractivity contribution in [1.29, 1.82) is 0 Å². The number of halogens is 5. The Morgan fingerprint density at radius 3 is 2.42 bits per heavy atom. The van der Waals surface area contributed by atoms with Crippen LogP contribution in [0.4, 0.5) is 14.6 Å². The van der Waals surface area contributed by atoms with Crippen LogP contribution in [-0.2, 0) is 10.0 Å². The Morgan fingerprint density at radius 2 is 1.76 bits per heavy atom. The summed E-state index contributed by atoms with van der Waals surface area (Å²) in [5.74, 6) is -1.02. The van der Waals surface area contributed by atoms with Crippen molar-refractivity contribution in [2.24, 2.45) is 5.10 Å². The van der Waals surface area contributed by atoms with Gasteiger partial charge in [-0.1, -0.05) is 52.5 Å². The zero-order chi connectivity index (χ0) is 27.2. The van der Waals surface area contributed by atoms with Gasteiger partial charge in [-0.3, -0.25) is 0 Å². The van der Waals surface area contributed by atoms with E-state index in [4.69, 9.17) is 34.8 Å². The largest absolute Gasteiger partial charge is 0.350 e. The molecule has 200 valence electrons. The maximum absolute atomic E-state index is 14.6. The van der Waals surface area contributed by atoms with Crippen molar-refractivity contribution < 1.29 is 17.2 Å². The van der Waals surface area contributed by atoms with Crippen LogP contribution in [0.1, 0.15) is 24.0 Å². The SMILES string of the molecule is Cc1ccc(S(=O)(=O)N/N=C(/c2c(Cl)ccc(F)c2Cl)N2CCN(c3ncc(Cl)cc3F)CC23CC3)cc1. The number of aryl methyl sites for hydroxylation is 1. The van der Waals surface area contributed by atoms with Crippen LogP contribution in [0.5, 0.6) is 0 Å². The molecule has 0 radical (unpaired) electrons. The predicted octanol–water partition coefficient (Wildman–Crippen LogP) is 5.62. The van der Waals surface area contributed by atoms with Crippen molar-refractivity contribution in [1.82, 2.24) is 14.7 Å². The Hall–Kier alpha value is -2.66. The molecule has 2 aromatic carbocycles. The van der Waals surface area contributed by atoms with Crippen LogP contribution >= 0.6 is 34.8 Å². The monoisotopic (exact) mass is 599 g/mol. The summed E-state index contributed by atoms with van der Waals surface area (Å²) in [7, 11) is -4.06. The number of pyridine rings is 1. The number of nitrogens with one attached hydrogen (secondary N) is 1. The predicted molar refractivity (Wildman–Crippen MR) is 145 cm³/mol. The molecule has 0 amide bonds. The first-order valence-corrected chi connectivity index (χ1v) is 14.3. The fourth-order valence-electron chi connectivity index (χ4n) is 4.56. The minimum atomic E-state index is -4.06. The molecule has 0 bridgehead atoms. The van der Waals surface area contributed by atoms with Gasteiger partial charge in [0.15, 0.2) is 17.5 Å². The van der Waals surface area contributed by atoms with Gasteiger partial charge in [-0.15, -0.1) is 5.10 Å². The normalized spacial score (nSPS) is 17.2. The van der Waals surface area contributed by atoms with Gasteiger partial charge in [-0.25, -0.2) is 13.8 Å². The number of nitrogens with zero attached hydrogens (tertiary/aromatic N) is 4. The molecule has 5 rings (SSSR count). The van der Waals surface area contributed by atoms with Gasteiger partial charge >= 0.3 is 0 Å². The Kier molecular flexibility index (Phi) is 7.19. The zero-order valence-corrected chi connectivity index (χ0v) is 23.1. The number of rotatable bonds is 5. The average Bonchev–Trinajstić information content (AvgIpc) is 3.63. The number of aromatic nitrogens is 1. The Labute approximate surface area is 234 Å². The molecule has 2 aliphatic rings. The number of amidine groups is 1. The molecule has 2 heterocycles. The van der Waals surface area contributed by atoms with Crippen molar-refractivity contribution in [3.05, 3.63) is 86.5 Å². The van der Waals surface area contributed by atoms with Crippen LogP contribution in [-0.4, -0.2) is 49.3 Å². The number of hydrazone groups is 1. The van der Waals surface area contributed by atoms with Crippen molar-refractivity contribution >= 4 is 56.5 Å². The maximum Gasteiger partial charge on any atom is 0.276 e. The fraction of sp³-hybridized carbons (Fsp3) is 0.280. The number of hydrogen-bond acceptors (Lipinski definition) is 5. The molecular formula is C25H22Cl3F2N5O2S. The summed E-state index contributed by atoms with van der Waals surface area (Å²) in [4.78, 5) is 10.1. The second kappa shape index (κ2) is 10.1. The number of piperazine rings is 1. The highest BCUT2D eigenvalue weighted by Crippen LogP contribution is 2.47. The lowest BCUT2D eigenvalue weighted by molar-refractivity contribution is 0.257. The summed E-state index contributed by atoms with van der Waals surface area (Å²) < 4.78 is 55.3. The maximum atomic E-state index is 14.6. The summed E-state index contributed by atoms with van der Waals surface area (Å²) >= 11 is 18.7. The summed E-state index contributed by atoms with van der Waals surface area (Å²) in [6.07, 6.45) is 2.78. The first kappa shape index (κ1) is 26.9. The van der Waals surface area contributed by atoms with Gasteiger partial charge in [0.1, 0.15) is 5.82 Å². The number of benzene rings is 2. The topological polar surface area (TPSA) is 77.9 Å². The summed E-state index contributed by atoms with van der Waals surface area (Å²) in [5, 5.41) is 4.27. The highest BCUT2D eigenvalue weighted by atomic mass is 35.5. The van der Waals surface area contributed by atoms with E-state index in [1.54, 1.807) is 17.0 Å². The molecule has 13 heteroatoms. The molecular weight excluding hydrogens is 579 g/mol. The van der Waals surface area contributed by atoms with Gasteiger partial charge in [0, 0.05) is 25.8 Å². The molecule has 1 aromatic heterocycles. The van der Waals surface area contributed by atoms with Gasteiger partial charge in [0.2, 0.25) is 0 Å². The molecule has 2 fully saturated rings. The summed E-state index contributed by atoms with van der Waals surface area (Å²) in [6, 6.07) is 9.93. The molecule has 1 saturated carbocycles. The van der Waals surface area contributed by atoms with E-state index in [1.807, 2.05) is 11.8 Å². The van der Waals surface area contributed by atoms with E-state index < -0.39 is 27.2 Å². The number of sulfonamides is 1. The number of anilines is 1. The van der Waals surface area contributed by atoms with E-state index in [-0.39, 0.29) is 43.7 Å². The first-order chi connectivity index (χ1) is 18.0. The van der Waals surface area contributed by atoms with Crippen molar-refractivity contribution in [2.45, 2.75) is 30.2 Å². The van der Waals surface area contributed by atoms with Crippen molar-refractivity contribution in [2.75, 3.05) is 24.5 Å². The second-order valence-electron chi connectivity index (χ2n) is 9.32. The number of hydrogen-bond donors (Lipinski definition) is 1. The Balaban J connectivity index is 1.53. The third-order valence-electron chi connectivity index (χ3n) is 6.69. The minimum absolute atomic E-state index is 0.0119. The lowest BCUT2D eigenvalue weighted by atomic mass is 10.1.